The molecule has 0 N–H and O–H groups in total. The summed E-state index contributed by atoms with van der Waals surface area (Å²) in [6.07, 6.45) is 0. The van der Waals surface area contributed by atoms with Crippen molar-refractivity contribution >= 4 is 28.4 Å². The van der Waals surface area contributed by atoms with E-state index in [1.807, 2.05) is 13.8 Å². The smallest absolute Gasteiger partial charge is 0.262 e. The summed E-state index contributed by atoms with van der Waals surface area (Å²) in [7, 11) is 0. The van der Waals surface area contributed by atoms with E-state index in [1.54, 1.807) is 35.8 Å². The van der Waals surface area contributed by atoms with E-state index >= 15 is 0 Å². The van der Waals surface area contributed by atoms with E-state index in [1.165, 1.54) is 6.07 Å². The minimum Gasteiger partial charge on any atom is -0.293 e. The van der Waals surface area contributed by atoms with Gasteiger partial charge in [0, 0.05) is 12.1 Å². The largest absolute Gasteiger partial charge is 0.293 e. The molecule has 0 aliphatic rings. The van der Waals surface area contributed by atoms with Crippen LogP contribution in [0.2, 0.25) is 0 Å². The highest BCUT2D eigenvalue weighted by atomic mass is 32.2. The van der Waals surface area contributed by atoms with Gasteiger partial charge in [-0.15, -0.1) is 0 Å². The van der Waals surface area contributed by atoms with Crippen LogP contribution in [0.1, 0.15) is 31.1 Å². The van der Waals surface area contributed by atoms with Crippen LogP contribution in [-0.2, 0) is 6.54 Å². The second kappa shape index (κ2) is 8.22. The summed E-state index contributed by atoms with van der Waals surface area (Å²) in [5.41, 5.74) is 0.481. The highest BCUT2D eigenvalue weighted by Gasteiger charge is 2.22. The molecule has 0 amide bonds. The molecule has 28 heavy (non-hydrogen) atoms. The van der Waals surface area contributed by atoms with Crippen molar-refractivity contribution in [3.05, 3.63) is 70.0 Å². The Kier molecular flexibility index (Phi) is 5.93. The molecule has 0 radical (unpaired) electrons. The minimum atomic E-state index is -1.07. The maximum atomic E-state index is 13.5. The maximum absolute atomic E-state index is 13.5. The third-order valence-electron chi connectivity index (χ3n) is 4.23. The predicted octanol–water partition coefficient (Wildman–Crippen LogP) is 4.69. The third-order valence-corrected chi connectivity index (χ3v) is 5.32. The zero-order chi connectivity index (χ0) is 20.4. The predicted molar refractivity (Wildman–Crippen MR) is 107 cm³/mol. The average molecular weight is 402 g/mol. The van der Waals surface area contributed by atoms with Crippen LogP contribution in [-0.4, -0.2) is 20.6 Å². The van der Waals surface area contributed by atoms with Crippen LogP contribution >= 0.6 is 11.8 Å². The first kappa shape index (κ1) is 20.2. The van der Waals surface area contributed by atoms with Gasteiger partial charge in [0.1, 0.15) is 0 Å². The number of carbonyl (C=O) groups is 1. The van der Waals surface area contributed by atoms with Gasteiger partial charge in [-0.3, -0.25) is 14.2 Å². The Hall–Kier alpha value is -2.54. The topological polar surface area (TPSA) is 52.0 Å². The summed E-state index contributed by atoms with van der Waals surface area (Å²) >= 11 is 1.14. The monoisotopic (exact) mass is 402 g/mol. The summed E-state index contributed by atoms with van der Waals surface area (Å²) in [6.45, 7) is 6.11. The van der Waals surface area contributed by atoms with Gasteiger partial charge in [0.2, 0.25) is 0 Å². The molecule has 1 heterocycles. The van der Waals surface area contributed by atoms with Gasteiger partial charge in [0.15, 0.2) is 22.6 Å². The van der Waals surface area contributed by atoms with Gasteiger partial charge in [0.25, 0.3) is 5.56 Å². The summed E-state index contributed by atoms with van der Waals surface area (Å²) in [5.74, 6) is -2.22. The van der Waals surface area contributed by atoms with Gasteiger partial charge < -0.3 is 0 Å². The highest BCUT2D eigenvalue weighted by molar-refractivity contribution is 8.00. The van der Waals surface area contributed by atoms with Gasteiger partial charge in [-0.2, -0.15) is 0 Å². The molecular weight excluding hydrogens is 382 g/mol. The van der Waals surface area contributed by atoms with Crippen molar-refractivity contribution in [1.82, 2.24) is 9.55 Å². The highest BCUT2D eigenvalue weighted by Crippen LogP contribution is 2.26. The Labute approximate surface area is 165 Å². The van der Waals surface area contributed by atoms with Crippen molar-refractivity contribution in [2.24, 2.45) is 5.92 Å². The molecule has 4 nitrogen and oxygen atoms in total. The fourth-order valence-electron chi connectivity index (χ4n) is 2.86. The minimum absolute atomic E-state index is 0.0810. The summed E-state index contributed by atoms with van der Waals surface area (Å²) in [4.78, 5) is 30.2. The number of hydrogen-bond acceptors (Lipinski definition) is 4. The van der Waals surface area contributed by atoms with Crippen LogP contribution in [0.4, 0.5) is 8.78 Å². The lowest BCUT2D eigenvalue weighted by Crippen LogP contribution is -2.26. The van der Waals surface area contributed by atoms with Crippen molar-refractivity contribution in [2.45, 2.75) is 37.7 Å². The lowest BCUT2D eigenvalue weighted by molar-refractivity contribution is 0.0993. The molecule has 0 fully saturated rings. The normalized spacial score (nSPS) is 12.5. The Bertz CT molecular complexity index is 1100. The van der Waals surface area contributed by atoms with E-state index in [9.17, 15) is 18.4 Å². The fourth-order valence-corrected chi connectivity index (χ4v) is 3.85. The Morgan fingerprint density at radius 3 is 2.50 bits per heavy atom. The summed E-state index contributed by atoms with van der Waals surface area (Å²) in [5, 5.41) is 0.323. The first-order valence-corrected chi connectivity index (χ1v) is 9.81. The number of rotatable bonds is 6. The van der Waals surface area contributed by atoms with Crippen LogP contribution in [0.5, 0.6) is 0 Å². The van der Waals surface area contributed by atoms with Crippen molar-refractivity contribution in [3.8, 4) is 0 Å². The molecule has 0 unspecified atom stereocenters. The van der Waals surface area contributed by atoms with E-state index in [2.05, 4.69) is 4.98 Å². The molecule has 0 saturated carbocycles. The van der Waals surface area contributed by atoms with Gasteiger partial charge in [0.05, 0.1) is 16.2 Å². The van der Waals surface area contributed by atoms with Crippen molar-refractivity contribution in [3.63, 3.8) is 0 Å². The molecular formula is C21H20F2N2O2S. The maximum Gasteiger partial charge on any atom is 0.262 e. The molecule has 2 aromatic carbocycles. The van der Waals surface area contributed by atoms with Crippen LogP contribution < -0.4 is 5.56 Å². The second-order valence-electron chi connectivity index (χ2n) is 6.97. The van der Waals surface area contributed by atoms with Crippen molar-refractivity contribution < 1.29 is 13.6 Å². The molecule has 0 spiro atoms. The van der Waals surface area contributed by atoms with Gasteiger partial charge >= 0.3 is 0 Å². The Morgan fingerprint density at radius 1 is 1.11 bits per heavy atom. The van der Waals surface area contributed by atoms with Crippen molar-refractivity contribution in [2.75, 3.05) is 0 Å². The SMILES string of the molecule is CC(C)Cn1c(S[C@H](C)C(=O)c2ccc(F)c(F)c2)nc2ccccc2c1=O. The number of carbonyl (C=O) groups excluding carboxylic acids is 1. The molecule has 3 rings (SSSR count). The third kappa shape index (κ3) is 4.14. The number of fused-ring (bicyclic) bond motifs is 1. The zero-order valence-electron chi connectivity index (χ0n) is 15.8. The van der Waals surface area contributed by atoms with E-state index in [0.717, 1.165) is 23.9 Å². The van der Waals surface area contributed by atoms with E-state index in [-0.39, 0.29) is 22.8 Å². The number of nitrogens with zero attached hydrogens (tertiary/aromatic N) is 2. The van der Waals surface area contributed by atoms with Crippen LogP contribution in [0.25, 0.3) is 10.9 Å². The molecule has 0 aliphatic heterocycles. The van der Waals surface area contributed by atoms with Gasteiger partial charge in [-0.1, -0.05) is 37.7 Å². The van der Waals surface area contributed by atoms with E-state index in [4.69, 9.17) is 0 Å². The molecule has 1 atom stereocenters. The average Bonchev–Trinajstić information content (AvgIpc) is 2.66. The summed E-state index contributed by atoms with van der Waals surface area (Å²) < 4.78 is 28.2. The molecule has 0 aliphatic carbocycles. The Balaban J connectivity index is 1.99. The van der Waals surface area contributed by atoms with Crippen molar-refractivity contribution in [1.29, 1.82) is 0 Å². The Morgan fingerprint density at radius 2 is 1.82 bits per heavy atom. The molecule has 1 aromatic heterocycles. The number of aromatic nitrogens is 2. The van der Waals surface area contributed by atoms with Crippen LogP contribution in [0.15, 0.2) is 52.4 Å². The number of para-hydroxylation sites is 1. The number of halogens is 2. The number of benzene rings is 2. The van der Waals surface area contributed by atoms with Crippen LogP contribution in [0.3, 0.4) is 0 Å². The lowest BCUT2D eigenvalue weighted by Gasteiger charge is -2.17. The molecule has 0 bridgehead atoms. The van der Waals surface area contributed by atoms with Gasteiger partial charge in [-0.05, 0) is 43.2 Å². The van der Waals surface area contributed by atoms with E-state index in [0.29, 0.717) is 22.6 Å². The number of thioether (sulfide) groups is 1. The standard InChI is InChI=1S/C21H20F2N2O2S/c1-12(2)11-25-20(27)15-6-4-5-7-18(15)24-21(25)28-13(3)19(26)14-8-9-16(22)17(23)10-14/h4-10,12-13H,11H2,1-3H3/t13-/m1/s1. The molecule has 146 valence electrons. The fraction of sp³-hybridized carbons (Fsp3) is 0.286. The zero-order valence-corrected chi connectivity index (χ0v) is 16.6. The number of hydrogen-bond donors (Lipinski definition) is 0. The van der Waals surface area contributed by atoms with Gasteiger partial charge in [-0.25, -0.2) is 13.8 Å². The lowest BCUT2D eigenvalue weighted by atomic mass is 10.1. The molecule has 7 heteroatoms. The first-order chi connectivity index (χ1) is 13.3. The molecule has 3 aromatic rings. The first-order valence-electron chi connectivity index (χ1n) is 8.93. The summed E-state index contributed by atoms with van der Waals surface area (Å²) in [6, 6.07) is 10.1. The van der Waals surface area contributed by atoms with Crippen LogP contribution in [0, 0.1) is 17.6 Å². The number of Topliss-reactive ketones (excluding diaryl/α,β-unsaturated/α-hetero) is 1. The van der Waals surface area contributed by atoms with E-state index < -0.39 is 16.9 Å². The second-order valence-corrected chi connectivity index (χ2v) is 8.28. The number of ketones is 1. The molecule has 0 saturated heterocycles. The quantitative estimate of drug-likeness (QED) is 0.341.